The third kappa shape index (κ3) is 2.92. The van der Waals surface area contributed by atoms with E-state index in [1.807, 2.05) is 7.05 Å². The van der Waals surface area contributed by atoms with Crippen LogP contribution >= 0.6 is 27.3 Å². The molecule has 1 aromatic heterocycles. The maximum Gasteiger partial charge on any atom is 0.190 e. The van der Waals surface area contributed by atoms with E-state index in [2.05, 4.69) is 21.2 Å². The van der Waals surface area contributed by atoms with E-state index >= 15 is 0 Å². The van der Waals surface area contributed by atoms with Crippen LogP contribution in [0.2, 0.25) is 0 Å². The Morgan fingerprint density at radius 1 is 1.29 bits per heavy atom. The Labute approximate surface area is 115 Å². The van der Waals surface area contributed by atoms with Crippen molar-refractivity contribution in [3.05, 3.63) is 15.9 Å². The summed E-state index contributed by atoms with van der Waals surface area (Å²) in [4.78, 5) is 0. The number of hydrogen-bond acceptors (Lipinski definition) is 4. The molecule has 0 radical (unpaired) electrons. The molecule has 1 aliphatic rings. The van der Waals surface area contributed by atoms with Crippen LogP contribution in [0.5, 0.6) is 0 Å². The molecular weight excluding hydrogens is 322 g/mol. The SMILES string of the molecule is CNC1CCC(S(=O)(=O)c2ccc(Br)s2)CC1. The topological polar surface area (TPSA) is 46.2 Å². The van der Waals surface area contributed by atoms with Gasteiger partial charge in [-0.2, -0.15) is 0 Å². The third-order valence-corrected chi connectivity index (χ3v) is 7.76. The molecule has 1 heterocycles. The molecule has 17 heavy (non-hydrogen) atoms. The molecule has 96 valence electrons. The smallest absolute Gasteiger partial charge is 0.190 e. The fourth-order valence-electron chi connectivity index (χ4n) is 2.28. The molecule has 0 aromatic carbocycles. The van der Waals surface area contributed by atoms with E-state index in [1.165, 1.54) is 11.3 Å². The van der Waals surface area contributed by atoms with Crippen LogP contribution in [0.1, 0.15) is 25.7 Å². The van der Waals surface area contributed by atoms with E-state index in [0.29, 0.717) is 10.3 Å². The van der Waals surface area contributed by atoms with Gasteiger partial charge in [0, 0.05) is 6.04 Å². The molecule has 1 aliphatic carbocycles. The van der Waals surface area contributed by atoms with Crippen molar-refractivity contribution < 1.29 is 8.42 Å². The first-order chi connectivity index (χ1) is 8.04. The molecule has 1 fully saturated rings. The molecule has 3 nitrogen and oxygen atoms in total. The summed E-state index contributed by atoms with van der Waals surface area (Å²) in [6.07, 6.45) is 3.44. The van der Waals surface area contributed by atoms with E-state index in [4.69, 9.17) is 0 Å². The number of halogens is 1. The molecule has 0 atom stereocenters. The maximum atomic E-state index is 12.4. The Balaban J connectivity index is 2.12. The summed E-state index contributed by atoms with van der Waals surface area (Å²) in [5.41, 5.74) is 0. The predicted molar refractivity (Wildman–Crippen MR) is 74.3 cm³/mol. The van der Waals surface area contributed by atoms with Gasteiger partial charge in [-0.25, -0.2) is 8.42 Å². The molecule has 0 saturated heterocycles. The number of thiophene rings is 1. The van der Waals surface area contributed by atoms with Gasteiger partial charge < -0.3 is 5.32 Å². The molecular formula is C11H16BrNO2S2. The quantitative estimate of drug-likeness (QED) is 0.922. The lowest BCUT2D eigenvalue weighted by Crippen LogP contribution is -2.35. The molecule has 0 aliphatic heterocycles. The highest BCUT2D eigenvalue weighted by molar-refractivity contribution is 9.11. The van der Waals surface area contributed by atoms with Crippen molar-refractivity contribution in [1.82, 2.24) is 5.32 Å². The Hall–Kier alpha value is 0.0900. The highest BCUT2D eigenvalue weighted by atomic mass is 79.9. The fraction of sp³-hybridized carbons (Fsp3) is 0.636. The number of hydrogen-bond donors (Lipinski definition) is 1. The zero-order chi connectivity index (χ0) is 12.5. The predicted octanol–water partition coefficient (Wildman–Crippen LogP) is 2.81. The van der Waals surface area contributed by atoms with Gasteiger partial charge in [-0.15, -0.1) is 11.3 Å². The summed E-state index contributed by atoms with van der Waals surface area (Å²) >= 11 is 4.62. The third-order valence-electron chi connectivity index (χ3n) is 3.35. The summed E-state index contributed by atoms with van der Waals surface area (Å²) in [5, 5.41) is 3.02. The lowest BCUT2D eigenvalue weighted by atomic mass is 9.95. The first kappa shape index (κ1) is 13.5. The largest absolute Gasteiger partial charge is 0.317 e. The molecule has 0 bridgehead atoms. The minimum atomic E-state index is -3.11. The molecule has 1 aromatic rings. The van der Waals surface area contributed by atoms with Crippen LogP contribution in [0.3, 0.4) is 0 Å². The van der Waals surface area contributed by atoms with Gasteiger partial charge in [0.25, 0.3) is 0 Å². The van der Waals surface area contributed by atoms with Crippen LogP contribution in [-0.2, 0) is 9.84 Å². The van der Waals surface area contributed by atoms with E-state index < -0.39 is 9.84 Å². The normalized spacial score (nSPS) is 26.0. The molecule has 2 rings (SSSR count). The van der Waals surface area contributed by atoms with Crippen molar-refractivity contribution in [2.75, 3.05) is 7.05 Å². The molecule has 1 saturated carbocycles. The maximum absolute atomic E-state index is 12.4. The standard InChI is InChI=1S/C11H16BrNO2S2/c1-13-8-2-4-9(5-3-8)17(14,15)11-7-6-10(12)16-11/h6-9,13H,2-5H2,1H3. The van der Waals surface area contributed by atoms with Gasteiger partial charge in [-0.3, -0.25) is 0 Å². The van der Waals surface area contributed by atoms with Crippen LogP contribution in [0.15, 0.2) is 20.1 Å². The molecule has 0 spiro atoms. The van der Waals surface area contributed by atoms with Crippen LogP contribution in [0.25, 0.3) is 0 Å². The van der Waals surface area contributed by atoms with Crippen LogP contribution < -0.4 is 5.32 Å². The minimum Gasteiger partial charge on any atom is -0.317 e. The summed E-state index contributed by atoms with van der Waals surface area (Å²) in [7, 11) is -1.17. The van der Waals surface area contributed by atoms with Gasteiger partial charge in [0.05, 0.1) is 9.04 Å². The lowest BCUT2D eigenvalue weighted by molar-refractivity contribution is 0.391. The number of rotatable bonds is 3. The van der Waals surface area contributed by atoms with Crippen molar-refractivity contribution in [2.45, 2.75) is 41.2 Å². The van der Waals surface area contributed by atoms with Crippen molar-refractivity contribution in [3.8, 4) is 0 Å². The van der Waals surface area contributed by atoms with Gasteiger partial charge in [0.15, 0.2) is 9.84 Å². The fourth-order valence-corrected chi connectivity index (χ4v) is 6.34. The van der Waals surface area contributed by atoms with Crippen LogP contribution in [0.4, 0.5) is 0 Å². The second-order valence-corrected chi connectivity index (χ2v) is 9.28. The molecule has 0 amide bonds. The first-order valence-corrected chi connectivity index (χ1v) is 8.86. The summed E-state index contributed by atoms with van der Waals surface area (Å²) in [6, 6.07) is 3.99. The van der Waals surface area contributed by atoms with Gasteiger partial charge in [-0.1, -0.05) is 0 Å². The molecule has 6 heteroatoms. The van der Waals surface area contributed by atoms with Gasteiger partial charge in [-0.05, 0) is 60.8 Å². The van der Waals surface area contributed by atoms with E-state index in [-0.39, 0.29) is 5.25 Å². The summed E-state index contributed by atoms with van der Waals surface area (Å²) in [5.74, 6) is 0. The van der Waals surface area contributed by atoms with Gasteiger partial charge in [0.2, 0.25) is 0 Å². The highest BCUT2D eigenvalue weighted by Crippen LogP contribution is 2.33. The van der Waals surface area contributed by atoms with Crippen LogP contribution in [-0.4, -0.2) is 26.8 Å². The zero-order valence-corrected chi connectivity index (χ0v) is 12.9. The van der Waals surface area contributed by atoms with Crippen molar-refractivity contribution >= 4 is 37.1 Å². The summed E-state index contributed by atoms with van der Waals surface area (Å²) < 4.78 is 26.1. The van der Waals surface area contributed by atoms with Crippen molar-refractivity contribution in [3.63, 3.8) is 0 Å². The monoisotopic (exact) mass is 337 g/mol. The second-order valence-electron chi connectivity index (χ2n) is 4.37. The Morgan fingerprint density at radius 2 is 1.94 bits per heavy atom. The Morgan fingerprint density at radius 3 is 2.41 bits per heavy atom. The van der Waals surface area contributed by atoms with Crippen LogP contribution in [0, 0.1) is 0 Å². The van der Waals surface area contributed by atoms with Crippen molar-refractivity contribution in [2.24, 2.45) is 0 Å². The Kier molecular flexibility index (Phi) is 4.28. The second kappa shape index (κ2) is 5.38. The van der Waals surface area contributed by atoms with E-state index in [9.17, 15) is 8.42 Å². The highest BCUT2D eigenvalue weighted by Gasteiger charge is 2.32. The molecule has 1 N–H and O–H groups in total. The number of sulfone groups is 1. The Bertz CT molecular complexity index is 475. The van der Waals surface area contributed by atoms with E-state index in [1.54, 1.807) is 12.1 Å². The average molecular weight is 338 g/mol. The van der Waals surface area contributed by atoms with E-state index in [0.717, 1.165) is 29.5 Å². The first-order valence-electron chi connectivity index (χ1n) is 5.70. The average Bonchev–Trinajstić information content (AvgIpc) is 2.77. The van der Waals surface area contributed by atoms with Crippen molar-refractivity contribution in [1.29, 1.82) is 0 Å². The summed E-state index contributed by atoms with van der Waals surface area (Å²) in [6.45, 7) is 0. The van der Waals surface area contributed by atoms with Gasteiger partial charge in [0.1, 0.15) is 4.21 Å². The lowest BCUT2D eigenvalue weighted by Gasteiger charge is -2.27. The minimum absolute atomic E-state index is 0.197. The zero-order valence-electron chi connectivity index (χ0n) is 9.65. The van der Waals surface area contributed by atoms with Gasteiger partial charge >= 0.3 is 0 Å². The molecule has 0 unspecified atom stereocenters. The number of nitrogens with one attached hydrogen (secondary N) is 1.